The molecule has 0 aliphatic rings. The molecule has 0 fully saturated rings. The second-order valence-corrected chi connectivity index (χ2v) is 9.16. The third-order valence-electron chi connectivity index (χ3n) is 5.02. The van der Waals surface area contributed by atoms with E-state index in [0.717, 1.165) is 16.0 Å². The number of alkyl carbamates (subject to hydrolysis) is 1. The molecule has 2 rings (SSSR count). The predicted molar refractivity (Wildman–Crippen MR) is 131 cm³/mol. The van der Waals surface area contributed by atoms with Crippen molar-refractivity contribution in [2.24, 2.45) is 0 Å². The van der Waals surface area contributed by atoms with Crippen LogP contribution in [-0.2, 0) is 20.9 Å². The lowest BCUT2D eigenvalue weighted by molar-refractivity contribution is -0.143. The third-order valence-corrected chi connectivity index (χ3v) is 5.02. The SMILES string of the molecule is Cc1cccc(C(C(=O)NCc2ccccc2)N(CCO)C(=O)C(CO)NC(=O)OC(C)(C)C)c1. The van der Waals surface area contributed by atoms with Gasteiger partial charge in [-0.05, 0) is 38.8 Å². The quantitative estimate of drug-likeness (QED) is 0.408. The summed E-state index contributed by atoms with van der Waals surface area (Å²) in [4.78, 5) is 40.3. The van der Waals surface area contributed by atoms with E-state index in [1.807, 2.05) is 43.3 Å². The van der Waals surface area contributed by atoms with Crippen molar-refractivity contribution in [2.75, 3.05) is 19.8 Å². The van der Waals surface area contributed by atoms with Crippen molar-refractivity contribution in [1.29, 1.82) is 0 Å². The van der Waals surface area contributed by atoms with Gasteiger partial charge in [-0.25, -0.2) is 4.79 Å². The van der Waals surface area contributed by atoms with Gasteiger partial charge in [0.15, 0.2) is 0 Å². The van der Waals surface area contributed by atoms with Gasteiger partial charge in [-0.15, -0.1) is 0 Å². The second kappa shape index (κ2) is 12.9. The summed E-state index contributed by atoms with van der Waals surface area (Å²) in [5.74, 6) is -1.19. The molecule has 0 aliphatic heterocycles. The minimum Gasteiger partial charge on any atom is -0.444 e. The van der Waals surface area contributed by atoms with E-state index >= 15 is 0 Å². The van der Waals surface area contributed by atoms with Crippen LogP contribution in [0, 0.1) is 6.92 Å². The highest BCUT2D eigenvalue weighted by Crippen LogP contribution is 2.23. The summed E-state index contributed by atoms with van der Waals surface area (Å²) >= 11 is 0. The number of rotatable bonds is 10. The molecule has 190 valence electrons. The smallest absolute Gasteiger partial charge is 0.408 e. The summed E-state index contributed by atoms with van der Waals surface area (Å²) in [5.41, 5.74) is 1.49. The average molecular weight is 486 g/mol. The second-order valence-electron chi connectivity index (χ2n) is 9.16. The molecule has 2 unspecified atom stereocenters. The molecule has 0 saturated carbocycles. The maximum absolute atomic E-state index is 13.4. The fourth-order valence-corrected chi connectivity index (χ4v) is 3.50. The topological polar surface area (TPSA) is 128 Å². The average Bonchev–Trinajstić information content (AvgIpc) is 2.80. The van der Waals surface area contributed by atoms with Crippen molar-refractivity contribution in [3.63, 3.8) is 0 Å². The summed E-state index contributed by atoms with van der Waals surface area (Å²) in [7, 11) is 0. The minimum atomic E-state index is -1.37. The van der Waals surface area contributed by atoms with Gasteiger partial charge >= 0.3 is 6.09 Å². The molecule has 3 amide bonds. The zero-order valence-corrected chi connectivity index (χ0v) is 20.7. The van der Waals surface area contributed by atoms with Gasteiger partial charge < -0.3 is 30.5 Å². The number of carbonyl (C=O) groups is 3. The van der Waals surface area contributed by atoms with Crippen LogP contribution in [0.4, 0.5) is 4.79 Å². The van der Waals surface area contributed by atoms with Gasteiger partial charge in [0.25, 0.3) is 0 Å². The zero-order chi connectivity index (χ0) is 26.0. The molecule has 2 aromatic carbocycles. The van der Waals surface area contributed by atoms with Gasteiger partial charge in [-0.1, -0.05) is 60.2 Å². The maximum Gasteiger partial charge on any atom is 0.408 e. The summed E-state index contributed by atoms with van der Waals surface area (Å²) in [6, 6.07) is 14.0. The Labute approximate surface area is 206 Å². The van der Waals surface area contributed by atoms with Crippen LogP contribution in [-0.4, -0.2) is 64.4 Å². The van der Waals surface area contributed by atoms with Crippen molar-refractivity contribution >= 4 is 17.9 Å². The fourth-order valence-electron chi connectivity index (χ4n) is 3.50. The van der Waals surface area contributed by atoms with Crippen molar-refractivity contribution in [3.05, 3.63) is 71.3 Å². The third kappa shape index (κ3) is 8.70. The van der Waals surface area contributed by atoms with E-state index in [4.69, 9.17) is 4.74 Å². The molecule has 9 nitrogen and oxygen atoms in total. The summed E-state index contributed by atoms with van der Waals surface area (Å²) in [6.45, 7) is 5.78. The Bertz CT molecular complexity index is 990. The molecule has 9 heteroatoms. The van der Waals surface area contributed by atoms with E-state index in [1.165, 1.54) is 0 Å². The first-order valence-electron chi connectivity index (χ1n) is 11.5. The van der Waals surface area contributed by atoms with Crippen LogP contribution in [0.2, 0.25) is 0 Å². The number of nitrogens with zero attached hydrogens (tertiary/aromatic N) is 1. The van der Waals surface area contributed by atoms with Gasteiger partial charge in [0, 0.05) is 13.1 Å². The van der Waals surface area contributed by atoms with Crippen molar-refractivity contribution in [3.8, 4) is 0 Å². The lowest BCUT2D eigenvalue weighted by Crippen LogP contribution is -2.55. The molecule has 0 saturated heterocycles. The van der Waals surface area contributed by atoms with Crippen LogP contribution >= 0.6 is 0 Å². The molecule has 2 atom stereocenters. The van der Waals surface area contributed by atoms with E-state index in [2.05, 4.69) is 10.6 Å². The number of carbonyl (C=O) groups excluding carboxylic acids is 3. The van der Waals surface area contributed by atoms with Crippen LogP contribution < -0.4 is 10.6 Å². The lowest BCUT2D eigenvalue weighted by Gasteiger charge is -2.33. The van der Waals surface area contributed by atoms with E-state index in [1.54, 1.807) is 39.0 Å². The summed E-state index contributed by atoms with van der Waals surface area (Å²) in [6.07, 6.45) is -0.880. The van der Waals surface area contributed by atoms with Crippen LogP contribution in [0.3, 0.4) is 0 Å². The molecule has 0 aliphatic carbocycles. The molecule has 0 heterocycles. The molecule has 4 N–H and O–H groups in total. The van der Waals surface area contributed by atoms with Gasteiger partial charge in [-0.2, -0.15) is 0 Å². The van der Waals surface area contributed by atoms with Gasteiger partial charge in [0.05, 0.1) is 13.2 Å². The molecular formula is C26H35N3O6. The lowest BCUT2D eigenvalue weighted by atomic mass is 10.0. The maximum atomic E-state index is 13.4. The number of hydrogen-bond donors (Lipinski definition) is 4. The molecule has 0 bridgehead atoms. The minimum absolute atomic E-state index is 0.192. The molecule has 0 spiro atoms. The zero-order valence-electron chi connectivity index (χ0n) is 20.7. The van der Waals surface area contributed by atoms with E-state index in [0.29, 0.717) is 5.56 Å². The van der Waals surface area contributed by atoms with Gasteiger partial charge in [-0.3, -0.25) is 9.59 Å². The first-order valence-corrected chi connectivity index (χ1v) is 11.5. The van der Waals surface area contributed by atoms with Gasteiger partial charge in [0.2, 0.25) is 11.8 Å². The Kier molecular flexibility index (Phi) is 10.2. The molecule has 0 aromatic heterocycles. The Morgan fingerprint density at radius 2 is 1.71 bits per heavy atom. The number of aliphatic hydroxyl groups is 2. The Morgan fingerprint density at radius 3 is 2.29 bits per heavy atom. The Morgan fingerprint density at radius 1 is 1.03 bits per heavy atom. The molecule has 0 radical (unpaired) electrons. The number of aliphatic hydroxyl groups excluding tert-OH is 2. The largest absolute Gasteiger partial charge is 0.444 e. The highest BCUT2D eigenvalue weighted by atomic mass is 16.6. The van der Waals surface area contributed by atoms with Crippen molar-refractivity contribution in [1.82, 2.24) is 15.5 Å². The molecular weight excluding hydrogens is 450 g/mol. The highest BCUT2D eigenvalue weighted by Gasteiger charge is 2.35. The fraction of sp³-hybridized carbons (Fsp3) is 0.423. The molecule has 35 heavy (non-hydrogen) atoms. The van der Waals surface area contributed by atoms with Crippen LogP contribution in [0.15, 0.2) is 54.6 Å². The van der Waals surface area contributed by atoms with E-state index in [9.17, 15) is 24.6 Å². The predicted octanol–water partition coefficient (Wildman–Crippen LogP) is 2.06. The number of amides is 3. The number of nitrogens with one attached hydrogen (secondary N) is 2. The Hall–Kier alpha value is -3.43. The van der Waals surface area contributed by atoms with E-state index < -0.39 is 48.8 Å². The van der Waals surface area contributed by atoms with Crippen molar-refractivity contribution in [2.45, 2.75) is 51.9 Å². The number of ether oxygens (including phenoxy) is 1. The van der Waals surface area contributed by atoms with Crippen LogP contribution in [0.25, 0.3) is 0 Å². The normalized spacial score (nSPS) is 12.9. The van der Waals surface area contributed by atoms with Crippen LogP contribution in [0.5, 0.6) is 0 Å². The summed E-state index contributed by atoms with van der Waals surface area (Å²) in [5, 5.41) is 24.8. The standard InChI is InChI=1S/C26H35N3O6/c1-18-9-8-12-20(15-18)22(23(32)27-16-19-10-6-5-7-11-19)29(13-14-30)24(33)21(17-31)28-25(34)35-26(2,3)4/h5-12,15,21-22,30-31H,13-14,16-17H2,1-4H3,(H,27,32)(H,28,34). The monoisotopic (exact) mass is 485 g/mol. The highest BCUT2D eigenvalue weighted by molar-refractivity contribution is 5.92. The molecule has 2 aromatic rings. The number of benzene rings is 2. The van der Waals surface area contributed by atoms with Crippen LogP contribution in [0.1, 0.15) is 43.5 Å². The summed E-state index contributed by atoms with van der Waals surface area (Å²) < 4.78 is 5.20. The first-order chi connectivity index (χ1) is 16.6. The van der Waals surface area contributed by atoms with Gasteiger partial charge in [0.1, 0.15) is 17.7 Å². The van der Waals surface area contributed by atoms with Crippen molar-refractivity contribution < 1.29 is 29.3 Å². The number of aryl methyl sites for hydroxylation is 1. The first kappa shape index (κ1) is 27.8. The Balaban J connectivity index is 2.35. The number of hydrogen-bond acceptors (Lipinski definition) is 6. The van der Waals surface area contributed by atoms with E-state index in [-0.39, 0.29) is 13.1 Å².